The largest absolute Gasteiger partial charge is 0.399 e. The third kappa shape index (κ3) is 2.79. The van der Waals surface area contributed by atoms with E-state index < -0.39 is 0 Å². The van der Waals surface area contributed by atoms with Gasteiger partial charge in [-0.2, -0.15) is 0 Å². The molecule has 0 aliphatic heterocycles. The van der Waals surface area contributed by atoms with E-state index in [1.807, 2.05) is 12.1 Å². The summed E-state index contributed by atoms with van der Waals surface area (Å²) in [4.78, 5) is 0. The van der Waals surface area contributed by atoms with E-state index in [0.717, 1.165) is 22.5 Å². The summed E-state index contributed by atoms with van der Waals surface area (Å²) in [5, 5.41) is 0. The van der Waals surface area contributed by atoms with Crippen molar-refractivity contribution in [3.05, 3.63) is 58.7 Å². The summed E-state index contributed by atoms with van der Waals surface area (Å²) in [5.74, 6) is 0.884. The first kappa shape index (κ1) is 14.4. The summed E-state index contributed by atoms with van der Waals surface area (Å²) in [6.07, 6.45) is 0. The van der Waals surface area contributed by atoms with E-state index in [-0.39, 0.29) is 0 Å². The molecule has 0 atom stereocenters. The van der Waals surface area contributed by atoms with Gasteiger partial charge in [-0.1, -0.05) is 38.1 Å². The van der Waals surface area contributed by atoms with Crippen molar-refractivity contribution in [2.45, 2.75) is 33.6 Å². The summed E-state index contributed by atoms with van der Waals surface area (Å²) in [7, 11) is 0. The molecule has 0 amide bonds. The van der Waals surface area contributed by atoms with Gasteiger partial charge in [-0.25, -0.2) is 0 Å². The average molecular weight is 268 g/mol. The van der Waals surface area contributed by atoms with Crippen molar-refractivity contribution >= 4 is 11.4 Å². The van der Waals surface area contributed by atoms with Crippen LogP contribution in [0.15, 0.2) is 36.4 Å². The predicted molar refractivity (Wildman–Crippen MR) is 87.9 cm³/mol. The van der Waals surface area contributed by atoms with Gasteiger partial charge >= 0.3 is 0 Å². The molecule has 2 nitrogen and oxygen atoms in total. The first-order valence-corrected chi connectivity index (χ1v) is 7.12. The molecule has 0 bridgehead atoms. The third-order valence-corrected chi connectivity index (χ3v) is 3.97. The molecule has 0 aliphatic rings. The Hall–Kier alpha value is -1.96. The van der Waals surface area contributed by atoms with Crippen molar-refractivity contribution < 1.29 is 0 Å². The number of anilines is 2. The maximum absolute atomic E-state index is 5.93. The van der Waals surface area contributed by atoms with Gasteiger partial charge in [0.25, 0.3) is 0 Å². The fourth-order valence-corrected chi connectivity index (χ4v) is 2.75. The van der Waals surface area contributed by atoms with E-state index >= 15 is 0 Å². The van der Waals surface area contributed by atoms with Crippen LogP contribution in [-0.4, -0.2) is 0 Å². The molecule has 2 aromatic carbocycles. The van der Waals surface area contributed by atoms with Gasteiger partial charge in [0, 0.05) is 17.3 Å². The van der Waals surface area contributed by atoms with Crippen molar-refractivity contribution in [3.8, 4) is 0 Å². The molecule has 0 saturated carbocycles. The van der Waals surface area contributed by atoms with Crippen LogP contribution in [0.25, 0.3) is 0 Å². The molecule has 0 fully saturated rings. The van der Waals surface area contributed by atoms with Crippen LogP contribution < -0.4 is 11.5 Å². The summed E-state index contributed by atoms with van der Waals surface area (Å²) in [5.41, 5.74) is 18.5. The second-order valence-electron chi connectivity index (χ2n) is 5.95. The molecule has 2 aromatic rings. The maximum Gasteiger partial charge on any atom is 0.0343 e. The Balaban J connectivity index is 2.50. The van der Waals surface area contributed by atoms with Crippen LogP contribution >= 0.6 is 0 Å². The second kappa shape index (κ2) is 5.58. The number of hydrogen-bond donors (Lipinski definition) is 2. The van der Waals surface area contributed by atoms with Gasteiger partial charge in [0.05, 0.1) is 0 Å². The standard InChI is InChI=1S/C18H24N2/c1-11(2)18(14-5-7-16(19)12(3)9-14)15-6-8-17(20)13(4)10-15/h5-11,18H,19-20H2,1-4H3. The number of aryl methyl sites for hydroxylation is 2. The van der Waals surface area contributed by atoms with Crippen LogP contribution in [0.1, 0.15) is 42.0 Å². The highest BCUT2D eigenvalue weighted by molar-refractivity contribution is 5.52. The first-order valence-electron chi connectivity index (χ1n) is 7.12. The van der Waals surface area contributed by atoms with Gasteiger partial charge in [-0.05, 0) is 54.2 Å². The topological polar surface area (TPSA) is 52.0 Å². The Kier molecular flexibility index (Phi) is 4.03. The van der Waals surface area contributed by atoms with Crippen LogP contribution in [-0.2, 0) is 0 Å². The molecule has 0 unspecified atom stereocenters. The predicted octanol–water partition coefficient (Wildman–Crippen LogP) is 4.26. The zero-order chi connectivity index (χ0) is 14.9. The highest BCUT2D eigenvalue weighted by Gasteiger charge is 2.19. The van der Waals surface area contributed by atoms with Crippen molar-refractivity contribution in [3.63, 3.8) is 0 Å². The molecule has 20 heavy (non-hydrogen) atoms. The number of hydrogen-bond acceptors (Lipinski definition) is 2. The lowest BCUT2D eigenvalue weighted by Gasteiger charge is -2.23. The average Bonchev–Trinajstić information content (AvgIpc) is 2.38. The van der Waals surface area contributed by atoms with Crippen molar-refractivity contribution in [2.24, 2.45) is 5.92 Å². The summed E-state index contributed by atoms with van der Waals surface area (Å²) in [6.45, 7) is 8.62. The third-order valence-electron chi connectivity index (χ3n) is 3.97. The molecule has 0 aromatic heterocycles. The molecule has 0 aliphatic carbocycles. The number of nitrogen functional groups attached to an aromatic ring is 2. The summed E-state index contributed by atoms with van der Waals surface area (Å²) >= 11 is 0. The normalized spacial score (nSPS) is 11.3. The minimum atomic E-state index is 0.369. The zero-order valence-electron chi connectivity index (χ0n) is 12.8. The SMILES string of the molecule is Cc1cc(C(c2ccc(N)c(C)c2)C(C)C)ccc1N. The number of rotatable bonds is 3. The van der Waals surface area contributed by atoms with Crippen molar-refractivity contribution in [2.75, 3.05) is 11.5 Å². The molecule has 2 heteroatoms. The first-order chi connectivity index (χ1) is 9.40. The van der Waals surface area contributed by atoms with E-state index in [1.165, 1.54) is 11.1 Å². The summed E-state index contributed by atoms with van der Waals surface area (Å²) < 4.78 is 0. The van der Waals surface area contributed by atoms with E-state index in [1.54, 1.807) is 0 Å². The highest BCUT2D eigenvalue weighted by Crippen LogP contribution is 2.34. The van der Waals surface area contributed by atoms with E-state index in [2.05, 4.69) is 52.0 Å². The fraction of sp³-hybridized carbons (Fsp3) is 0.333. The van der Waals surface area contributed by atoms with Crippen molar-refractivity contribution in [1.82, 2.24) is 0 Å². The van der Waals surface area contributed by atoms with E-state index in [9.17, 15) is 0 Å². The van der Waals surface area contributed by atoms with Gasteiger partial charge in [0.15, 0.2) is 0 Å². The lowest BCUT2D eigenvalue weighted by Crippen LogP contribution is -2.10. The molecular weight excluding hydrogens is 244 g/mol. The Bertz CT molecular complexity index is 563. The quantitative estimate of drug-likeness (QED) is 0.817. The Labute approximate surface area is 121 Å². The molecule has 106 valence electrons. The van der Waals surface area contributed by atoms with Gasteiger partial charge in [0.2, 0.25) is 0 Å². The smallest absolute Gasteiger partial charge is 0.0343 e. The molecule has 4 N–H and O–H groups in total. The van der Waals surface area contributed by atoms with Crippen LogP contribution in [0, 0.1) is 19.8 Å². The Morgan fingerprint density at radius 3 is 1.45 bits per heavy atom. The van der Waals surface area contributed by atoms with Gasteiger partial charge in [-0.15, -0.1) is 0 Å². The molecular formula is C18H24N2. The minimum absolute atomic E-state index is 0.369. The van der Waals surface area contributed by atoms with Crippen LogP contribution in [0.2, 0.25) is 0 Å². The zero-order valence-corrected chi connectivity index (χ0v) is 12.8. The monoisotopic (exact) mass is 268 g/mol. The van der Waals surface area contributed by atoms with Crippen LogP contribution in [0.3, 0.4) is 0 Å². The highest BCUT2D eigenvalue weighted by atomic mass is 14.6. The Morgan fingerprint density at radius 1 is 0.750 bits per heavy atom. The lowest BCUT2D eigenvalue weighted by molar-refractivity contribution is 0.563. The van der Waals surface area contributed by atoms with E-state index in [4.69, 9.17) is 11.5 Å². The van der Waals surface area contributed by atoms with Gasteiger partial charge in [0.1, 0.15) is 0 Å². The van der Waals surface area contributed by atoms with Crippen LogP contribution in [0.5, 0.6) is 0 Å². The van der Waals surface area contributed by atoms with Gasteiger partial charge in [-0.3, -0.25) is 0 Å². The molecule has 2 rings (SSSR count). The van der Waals surface area contributed by atoms with Crippen molar-refractivity contribution in [1.29, 1.82) is 0 Å². The molecule has 0 radical (unpaired) electrons. The molecule has 0 saturated heterocycles. The minimum Gasteiger partial charge on any atom is -0.399 e. The summed E-state index contributed by atoms with van der Waals surface area (Å²) in [6, 6.07) is 12.7. The second-order valence-corrected chi connectivity index (χ2v) is 5.95. The lowest BCUT2D eigenvalue weighted by atomic mass is 9.81. The fourth-order valence-electron chi connectivity index (χ4n) is 2.75. The Morgan fingerprint density at radius 2 is 1.15 bits per heavy atom. The van der Waals surface area contributed by atoms with Gasteiger partial charge < -0.3 is 11.5 Å². The molecule has 0 heterocycles. The number of benzene rings is 2. The molecule has 0 spiro atoms. The maximum atomic E-state index is 5.93. The van der Waals surface area contributed by atoms with Crippen LogP contribution in [0.4, 0.5) is 11.4 Å². The van der Waals surface area contributed by atoms with E-state index in [0.29, 0.717) is 11.8 Å². The number of nitrogens with two attached hydrogens (primary N) is 2.